The summed E-state index contributed by atoms with van der Waals surface area (Å²) in [6, 6.07) is 11.5. The quantitative estimate of drug-likeness (QED) is 0.889. The maximum atomic E-state index is 12.3. The number of benzene rings is 2. The molecule has 0 heterocycles. The Kier molecular flexibility index (Phi) is 5.14. The third-order valence-corrected chi connectivity index (χ3v) is 3.23. The molecular weight excluding hydrogens is 304 g/mol. The van der Waals surface area contributed by atoms with Gasteiger partial charge in [-0.3, -0.25) is 9.59 Å². The van der Waals surface area contributed by atoms with Gasteiger partial charge in [0.2, 0.25) is 0 Å². The van der Waals surface area contributed by atoms with E-state index in [2.05, 4.69) is 5.32 Å². The van der Waals surface area contributed by atoms with Crippen LogP contribution in [0.4, 0.5) is 5.69 Å². The molecule has 0 aliphatic rings. The van der Waals surface area contributed by atoms with Gasteiger partial charge in [-0.1, -0.05) is 23.7 Å². The van der Waals surface area contributed by atoms with Crippen LogP contribution in [0.3, 0.4) is 0 Å². The van der Waals surface area contributed by atoms with Crippen molar-refractivity contribution in [3.8, 4) is 0 Å². The molecule has 0 fully saturated rings. The Labute approximate surface area is 133 Å². The zero-order valence-electron chi connectivity index (χ0n) is 11.9. The standard InChI is InChI=1S/C16H15ClN2O3/c1-22-9-10-3-2-4-11(7-10)16(21)19-14-8-12(17)5-6-13(14)15(18)20/h2-8H,9H2,1H3,(H2,18,20)(H,19,21). The van der Waals surface area contributed by atoms with Crippen LogP contribution in [0.2, 0.25) is 5.02 Å². The molecular formula is C16H15ClN2O3. The smallest absolute Gasteiger partial charge is 0.255 e. The van der Waals surface area contributed by atoms with Crippen molar-refractivity contribution in [1.29, 1.82) is 0 Å². The van der Waals surface area contributed by atoms with Crippen LogP contribution in [0.1, 0.15) is 26.3 Å². The Morgan fingerprint density at radius 1 is 1.23 bits per heavy atom. The second-order valence-electron chi connectivity index (χ2n) is 4.64. The second kappa shape index (κ2) is 7.06. The minimum absolute atomic E-state index is 0.200. The molecule has 0 unspecified atom stereocenters. The maximum Gasteiger partial charge on any atom is 0.255 e. The summed E-state index contributed by atoms with van der Waals surface area (Å²) in [5, 5.41) is 3.05. The fourth-order valence-electron chi connectivity index (χ4n) is 2.00. The van der Waals surface area contributed by atoms with E-state index in [0.717, 1.165) is 5.56 Å². The molecule has 0 aliphatic carbocycles. The van der Waals surface area contributed by atoms with Crippen LogP contribution in [0, 0.1) is 0 Å². The molecule has 0 atom stereocenters. The molecule has 3 N–H and O–H groups in total. The number of hydrogen-bond donors (Lipinski definition) is 2. The van der Waals surface area contributed by atoms with Crippen LogP contribution in [0.25, 0.3) is 0 Å². The molecule has 6 heteroatoms. The average Bonchev–Trinajstić information content (AvgIpc) is 2.47. The summed E-state index contributed by atoms with van der Waals surface area (Å²) >= 11 is 5.90. The summed E-state index contributed by atoms with van der Waals surface area (Å²) in [6.45, 7) is 0.408. The summed E-state index contributed by atoms with van der Waals surface area (Å²) in [4.78, 5) is 23.7. The highest BCUT2D eigenvalue weighted by molar-refractivity contribution is 6.31. The average molecular weight is 319 g/mol. The number of hydrogen-bond acceptors (Lipinski definition) is 3. The summed E-state index contributed by atoms with van der Waals surface area (Å²) in [6.07, 6.45) is 0. The molecule has 2 aromatic rings. The number of carbonyl (C=O) groups is 2. The van der Waals surface area contributed by atoms with E-state index < -0.39 is 5.91 Å². The molecule has 0 spiro atoms. The van der Waals surface area contributed by atoms with Gasteiger partial charge >= 0.3 is 0 Å². The van der Waals surface area contributed by atoms with Gasteiger partial charge < -0.3 is 15.8 Å². The Balaban J connectivity index is 2.27. The van der Waals surface area contributed by atoms with Crippen LogP contribution in [-0.2, 0) is 11.3 Å². The predicted molar refractivity (Wildman–Crippen MR) is 85.1 cm³/mol. The minimum Gasteiger partial charge on any atom is -0.380 e. The van der Waals surface area contributed by atoms with E-state index in [-0.39, 0.29) is 17.2 Å². The normalized spacial score (nSPS) is 10.3. The van der Waals surface area contributed by atoms with Gasteiger partial charge in [-0.25, -0.2) is 0 Å². The topological polar surface area (TPSA) is 81.4 Å². The van der Waals surface area contributed by atoms with Gasteiger partial charge in [-0.05, 0) is 35.9 Å². The molecule has 0 saturated carbocycles. The number of anilines is 1. The Morgan fingerprint density at radius 2 is 2.00 bits per heavy atom. The van der Waals surface area contributed by atoms with Crippen molar-refractivity contribution in [3.05, 3.63) is 64.2 Å². The molecule has 22 heavy (non-hydrogen) atoms. The minimum atomic E-state index is -0.639. The number of amides is 2. The first-order valence-corrected chi connectivity index (χ1v) is 6.87. The monoisotopic (exact) mass is 318 g/mol. The number of halogens is 1. The van der Waals surface area contributed by atoms with E-state index in [1.807, 2.05) is 6.07 Å². The SMILES string of the molecule is COCc1cccc(C(=O)Nc2cc(Cl)ccc2C(N)=O)c1. The first-order valence-electron chi connectivity index (χ1n) is 6.50. The number of nitrogens with two attached hydrogens (primary N) is 1. The highest BCUT2D eigenvalue weighted by Gasteiger charge is 2.13. The zero-order chi connectivity index (χ0) is 16.1. The van der Waals surface area contributed by atoms with Crippen LogP contribution in [0.15, 0.2) is 42.5 Å². The van der Waals surface area contributed by atoms with Crippen molar-refractivity contribution in [2.75, 3.05) is 12.4 Å². The van der Waals surface area contributed by atoms with Gasteiger partial charge in [0.1, 0.15) is 0 Å². The molecule has 2 rings (SSSR count). The van der Waals surface area contributed by atoms with E-state index in [9.17, 15) is 9.59 Å². The molecule has 0 aromatic heterocycles. The lowest BCUT2D eigenvalue weighted by molar-refractivity contribution is 0.100. The molecule has 0 saturated heterocycles. The zero-order valence-corrected chi connectivity index (χ0v) is 12.7. The van der Waals surface area contributed by atoms with Crippen LogP contribution < -0.4 is 11.1 Å². The maximum absolute atomic E-state index is 12.3. The fourth-order valence-corrected chi connectivity index (χ4v) is 2.17. The number of methoxy groups -OCH3 is 1. The fraction of sp³-hybridized carbons (Fsp3) is 0.125. The molecule has 2 aromatic carbocycles. The van der Waals surface area contributed by atoms with Crippen LogP contribution in [-0.4, -0.2) is 18.9 Å². The molecule has 0 radical (unpaired) electrons. The number of carbonyl (C=O) groups excluding carboxylic acids is 2. The number of ether oxygens (including phenoxy) is 1. The third-order valence-electron chi connectivity index (χ3n) is 3.00. The van der Waals surface area contributed by atoms with Gasteiger partial charge in [0.25, 0.3) is 11.8 Å². The lowest BCUT2D eigenvalue weighted by Crippen LogP contribution is -2.18. The van der Waals surface area contributed by atoms with Gasteiger partial charge in [-0.15, -0.1) is 0 Å². The molecule has 0 bridgehead atoms. The molecule has 114 valence electrons. The number of primary amides is 1. The van der Waals surface area contributed by atoms with E-state index in [1.54, 1.807) is 25.3 Å². The lowest BCUT2D eigenvalue weighted by Gasteiger charge is -2.10. The summed E-state index contributed by atoms with van der Waals surface area (Å²) in [5.41, 5.74) is 7.09. The summed E-state index contributed by atoms with van der Waals surface area (Å²) in [7, 11) is 1.58. The first-order chi connectivity index (χ1) is 10.5. The molecule has 0 aliphatic heterocycles. The van der Waals surface area contributed by atoms with Crippen LogP contribution in [0.5, 0.6) is 0 Å². The van der Waals surface area contributed by atoms with Crippen LogP contribution >= 0.6 is 11.6 Å². The molecule has 2 amide bonds. The predicted octanol–water partition coefficient (Wildman–Crippen LogP) is 2.84. The number of nitrogens with one attached hydrogen (secondary N) is 1. The van der Waals surface area contributed by atoms with Crippen molar-refractivity contribution in [3.63, 3.8) is 0 Å². The van der Waals surface area contributed by atoms with E-state index in [1.165, 1.54) is 18.2 Å². The van der Waals surface area contributed by atoms with Crippen molar-refractivity contribution < 1.29 is 14.3 Å². The number of rotatable bonds is 5. The van der Waals surface area contributed by atoms with Gasteiger partial charge in [-0.2, -0.15) is 0 Å². The van der Waals surface area contributed by atoms with E-state index >= 15 is 0 Å². The third kappa shape index (κ3) is 3.84. The van der Waals surface area contributed by atoms with Crippen molar-refractivity contribution in [2.45, 2.75) is 6.61 Å². The summed E-state index contributed by atoms with van der Waals surface area (Å²) in [5.74, 6) is -0.997. The second-order valence-corrected chi connectivity index (χ2v) is 5.08. The van der Waals surface area contributed by atoms with Gasteiger partial charge in [0, 0.05) is 17.7 Å². The summed E-state index contributed by atoms with van der Waals surface area (Å²) < 4.78 is 5.04. The first kappa shape index (κ1) is 16.0. The lowest BCUT2D eigenvalue weighted by atomic mass is 10.1. The van der Waals surface area contributed by atoms with Gasteiger partial charge in [0.05, 0.1) is 17.9 Å². The largest absolute Gasteiger partial charge is 0.380 e. The van der Waals surface area contributed by atoms with Crippen molar-refractivity contribution in [2.24, 2.45) is 5.73 Å². The Bertz CT molecular complexity index is 716. The van der Waals surface area contributed by atoms with E-state index in [0.29, 0.717) is 17.2 Å². The molecule has 5 nitrogen and oxygen atoms in total. The van der Waals surface area contributed by atoms with Crippen molar-refractivity contribution >= 4 is 29.1 Å². The Hall–Kier alpha value is -2.37. The highest BCUT2D eigenvalue weighted by atomic mass is 35.5. The van der Waals surface area contributed by atoms with Gasteiger partial charge in [0.15, 0.2) is 0 Å². The Morgan fingerprint density at radius 3 is 2.68 bits per heavy atom. The highest BCUT2D eigenvalue weighted by Crippen LogP contribution is 2.21. The van der Waals surface area contributed by atoms with E-state index in [4.69, 9.17) is 22.1 Å². The van der Waals surface area contributed by atoms with Crippen molar-refractivity contribution in [1.82, 2.24) is 0 Å².